The number of hydrogen-bond acceptors (Lipinski definition) is 5. The Morgan fingerprint density at radius 2 is 1.46 bits per heavy atom. The monoisotopic (exact) mass is 472 g/mol. The largest absolute Gasteiger partial charge is 0.508 e. The van der Waals surface area contributed by atoms with Crippen molar-refractivity contribution >= 4 is 17.5 Å². The van der Waals surface area contributed by atoms with Crippen molar-refractivity contribution < 1.29 is 14.7 Å². The third kappa shape index (κ3) is 8.08. The highest BCUT2D eigenvalue weighted by atomic mass is 16.3. The zero-order valence-corrected chi connectivity index (χ0v) is 19.6. The molecule has 7 N–H and O–H groups in total. The molecule has 3 rings (SSSR count). The van der Waals surface area contributed by atoms with Crippen molar-refractivity contribution in [3.63, 3.8) is 0 Å². The molecule has 182 valence electrons. The van der Waals surface area contributed by atoms with E-state index in [-0.39, 0.29) is 29.7 Å². The molecule has 0 aliphatic rings. The third-order valence-electron chi connectivity index (χ3n) is 5.93. The molecule has 3 aromatic carbocycles. The van der Waals surface area contributed by atoms with Crippen molar-refractivity contribution in [3.05, 3.63) is 101 Å². The van der Waals surface area contributed by atoms with Gasteiger partial charge in [0, 0.05) is 12.0 Å². The molecule has 3 aromatic rings. The van der Waals surface area contributed by atoms with Gasteiger partial charge in [-0.25, -0.2) is 0 Å². The van der Waals surface area contributed by atoms with E-state index in [9.17, 15) is 14.7 Å². The molecule has 0 radical (unpaired) electrons. The summed E-state index contributed by atoms with van der Waals surface area (Å²) in [5.74, 6) is -0.327. The van der Waals surface area contributed by atoms with E-state index in [0.717, 1.165) is 16.7 Å². The van der Waals surface area contributed by atoms with E-state index in [4.69, 9.17) is 16.9 Å². The van der Waals surface area contributed by atoms with Gasteiger partial charge in [-0.15, -0.1) is 0 Å². The molecule has 0 fully saturated rings. The standard InChI is InChI=1S/C28H32N4O3/c29-24(16-10-19-4-2-1-3-5-19)28(35)32-25(18-21-8-14-23(33)15-9-21)26(34)17-11-20-6-12-22(13-7-20)27(30)31/h1-9,12-15,24-25,33H,10-11,16-18,29H2,(H3,30,31)(H,32,35)/t24-,25+/m1/s1. The Bertz CT molecular complexity index is 1130. The van der Waals surface area contributed by atoms with Crippen molar-refractivity contribution in [1.29, 1.82) is 5.41 Å². The van der Waals surface area contributed by atoms with Crippen LogP contribution >= 0.6 is 0 Å². The van der Waals surface area contributed by atoms with Gasteiger partial charge in [-0.3, -0.25) is 15.0 Å². The Labute approximate surface area is 205 Å². The fourth-order valence-electron chi connectivity index (χ4n) is 3.78. The van der Waals surface area contributed by atoms with Crippen LogP contribution in [0.2, 0.25) is 0 Å². The Hall–Kier alpha value is -3.97. The van der Waals surface area contributed by atoms with Gasteiger partial charge in [-0.1, -0.05) is 66.7 Å². The summed E-state index contributed by atoms with van der Waals surface area (Å²) in [6.07, 6.45) is 2.18. The lowest BCUT2D eigenvalue weighted by Crippen LogP contribution is -2.49. The van der Waals surface area contributed by atoms with Crippen LogP contribution < -0.4 is 16.8 Å². The van der Waals surface area contributed by atoms with E-state index in [1.165, 1.54) is 0 Å². The first-order valence-corrected chi connectivity index (χ1v) is 11.7. The molecule has 0 heterocycles. The molecule has 0 saturated carbocycles. The van der Waals surface area contributed by atoms with Gasteiger partial charge in [-0.2, -0.15) is 0 Å². The Kier molecular flexibility index (Phi) is 9.15. The summed E-state index contributed by atoms with van der Waals surface area (Å²) < 4.78 is 0. The second-order valence-corrected chi connectivity index (χ2v) is 8.64. The lowest BCUT2D eigenvalue weighted by atomic mass is 9.96. The van der Waals surface area contributed by atoms with Crippen LogP contribution in [0.3, 0.4) is 0 Å². The number of nitrogens with one attached hydrogen (secondary N) is 2. The maximum Gasteiger partial charge on any atom is 0.237 e. The molecular formula is C28H32N4O3. The highest BCUT2D eigenvalue weighted by Gasteiger charge is 2.24. The van der Waals surface area contributed by atoms with Gasteiger partial charge >= 0.3 is 0 Å². The Morgan fingerprint density at radius 1 is 0.857 bits per heavy atom. The van der Waals surface area contributed by atoms with Crippen LogP contribution in [0.25, 0.3) is 0 Å². The third-order valence-corrected chi connectivity index (χ3v) is 5.93. The summed E-state index contributed by atoms with van der Waals surface area (Å²) in [7, 11) is 0. The highest BCUT2D eigenvalue weighted by Crippen LogP contribution is 2.14. The van der Waals surface area contributed by atoms with E-state index >= 15 is 0 Å². The molecule has 0 aliphatic heterocycles. The number of aryl methyl sites for hydroxylation is 2. The van der Waals surface area contributed by atoms with Gasteiger partial charge in [0.2, 0.25) is 5.91 Å². The van der Waals surface area contributed by atoms with E-state index in [1.54, 1.807) is 36.4 Å². The first-order chi connectivity index (χ1) is 16.8. The number of rotatable bonds is 12. The van der Waals surface area contributed by atoms with Crippen molar-refractivity contribution in [2.75, 3.05) is 0 Å². The summed E-state index contributed by atoms with van der Waals surface area (Å²) in [4.78, 5) is 26.0. The molecule has 1 amide bonds. The smallest absolute Gasteiger partial charge is 0.237 e. The molecule has 0 saturated heterocycles. The zero-order valence-electron chi connectivity index (χ0n) is 19.6. The fourth-order valence-corrected chi connectivity index (χ4v) is 3.78. The zero-order chi connectivity index (χ0) is 25.2. The van der Waals surface area contributed by atoms with Gasteiger partial charge in [0.15, 0.2) is 5.78 Å². The second kappa shape index (κ2) is 12.5. The van der Waals surface area contributed by atoms with Crippen LogP contribution in [0.5, 0.6) is 5.75 Å². The molecule has 0 bridgehead atoms. The lowest BCUT2D eigenvalue weighted by Gasteiger charge is -2.21. The van der Waals surface area contributed by atoms with Crippen molar-refractivity contribution in [2.24, 2.45) is 11.5 Å². The molecule has 0 aliphatic carbocycles. The predicted octanol–water partition coefficient (Wildman–Crippen LogP) is 2.87. The number of ketones is 1. The SMILES string of the molecule is N=C(N)c1ccc(CCC(=O)[C@H](Cc2ccc(O)cc2)NC(=O)[C@H](N)CCc2ccccc2)cc1. The average Bonchev–Trinajstić information content (AvgIpc) is 2.87. The molecule has 7 heteroatoms. The number of phenolic OH excluding ortho intramolecular Hbond substituents is 1. The number of benzene rings is 3. The predicted molar refractivity (Wildman–Crippen MR) is 137 cm³/mol. The van der Waals surface area contributed by atoms with Crippen molar-refractivity contribution in [1.82, 2.24) is 5.32 Å². The molecule has 7 nitrogen and oxygen atoms in total. The van der Waals surface area contributed by atoms with E-state index in [2.05, 4.69) is 5.32 Å². The van der Waals surface area contributed by atoms with Crippen LogP contribution in [0.1, 0.15) is 35.1 Å². The van der Waals surface area contributed by atoms with E-state index in [0.29, 0.717) is 31.2 Å². The first-order valence-electron chi connectivity index (χ1n) is 11.7. The molecule has 35 heavy (non-hydrogen) atoms. The second-order valence-electron chi connectivity index (χ2n) is 8.64. The lowest BCUT2D eigenvalue weighted by molar-refractivity contribution is -0.128. The number of nitrogens with two attached hydrogens (primary N) is 2. The van der Waals surface area contributed by atoms with Gasteiger partial charge in [-0.05, 0) is 54.5 Å². The number of hydrogen-bond donors (Lipinski definition) is 5. The van der Waals surface area contributed by atoms with Crippen LogP contribution in [0, 0.1) is 5.41 Å². The summed E-state index contributed by atoms with van der Waals surface area (Å²) in [6, 6.07) is 22.1. The summed E-state index contributed by atoms with van der Waals surface area (Å²) in [5.41, 5.74) is 15.1. The van der Waals surface area contributed by atoms with Crippen molar-refractivity contribution in [3.8, 4) is 5.75 Å². The minimum Gasteiger partial charge on any atom is -0.508 e. The molecule has 0 spiro atoms. The number of phenols is 1. The quantitative estimate of drug-likeness (QED) is 0.203. The number of carbonyl (C=O) groups is 2. The van der Waals surface area contributed by atoms with Crippen LogP contribution in [-0.2, 0) is 28.9 Å². The van der Waals surface area contributed by atoms with Crippen LogP contribution in [0.4, 0.5) is 0 Å². The van der Waals surface area contributed by atoms with Gasteiger partial charge < -0.3 is 21.9 Å². The van der Waals surface area contributed by atoms with Gasteiger partial charge in [0.05, 0.1) is 12.1 Å². The Balaban J connectivity index is 1.63. The maximum absolute atomic E-state index is 13.1. The Morgan fingerprint density at radius 3 is 2.09 bits per heavy atom. The molecule has 0 aromatic heterocycles. The maximum atomic E-state index is 13.1. The number of carbonyl (C=O) groups excluding carboxylic acids is 2. The summed E-state index contributed by atoms with van der Waals surface area (Å²) >= 11 is 0. The molecule has 0 unspecified atom stereocenters. The molecular weight excluding hydrogens is 440 g/mol. The van der Waals surface area contributed by atoms with E-state index in [1.807, 2.05) is 42.5 Å². The first kappa shape index (κ1) is 25.6. The molecule has 2 atom stereocenters. The number of Topliss-reactive ketones (excluding diaryl/α,β-unsaturated/α-hetero) is 1. The normalized spacial score (nSPS) is 12.5. The van der Waals surface area contributed by atoms with Crippen LogP contribution in [0.15, 0.2) is 78.9 Å². The van der Waals surface area contributed by atoms with E-state index < -0.39 is 12.1 Å². The number of amidine groups is 1. The van der Waals surface area contributed by atoms with Crippen molar-refractivity contribution in [2.45, 2.75) is 44.2 Å². The summed E-state index contributed by atoms with van der Waals surface area (Å²) in [5, 5.41) is 19.9. The number of nitrogen functional groups attached to an aromatic ring is 1. The number of aromatic hydroxyl groups is 1. The van der Waals surface area contributed by atoms with Gasteiger partial charge in [0.25, 0.3) is 0 Å². The highest BCUT2D eigenvalue weighted by molar-refractivity contribution is 5.95. The topological polar surface area (TPSA) is 142 Å². The van der Waals surface area contributed by atoms with Crippen LogP contribution in [-0.4, -0.2) is 34.7 Å². The fraction of sp³-hybridized carbons (Fsp3) is 0.250. The minimum atomic E-state index is -0.732. The average molecular weight is 473 g/mol. The summed E-state index contributed by atoms with van der Waals surface area (Å²) in [6.45, 7) is 0. The number of amides is 1. The minimum absolute atomic E-state index is 0.00657. The van der Waals surface area contributed by atoms with Gasteiger partial charge in [0.1, 0.15) is 11.6 Å².